The molecule has 2 amide bonds. The third kappa shape index (κ3) is 6.29. The second-order valence-electron chi connectivity index (χ2n) is 8.16. The van der Waals surface area contributed by atoms with Gasteiger partial charge in [-0.05, 0) is 49.1 Å². The number of methoxy groups -OCH3 is 1. The van der Waals surface area contributed by atoms with E-state index < -0.39 is 11.9 Å². The number of carbonyl (C=O) groups is 2. The van der Waals surface area contributed by atoms with Gasteiger partial charge < -0.3 is 15.0 Å². The first-order valence-electron chi connectivity index (χ1n) is 10.9. The topological polar surface area (TPSA) is 58.6 Å². The standard InChI is InChI=1S/C25H31FN2O3/c1-18(25(30)27-21-11-4-3-5-12-21)28(17-19-9-8-13-22(15-19)31-2)24(29)16-20-10-6-7-14-23(20)26/h6-10,13-15,18,21H,3-5,11-12,16-17H2,1-2H3,(H,27,30)/t18-/m1/s1. The molecule has 31 heavy (non-hydrogen) atoms. The molecule has 1 saturated carbocycles. The van der Waals surface area contributed by atoms with Gasteiger partial charge in [0.15, 0.2) is 0 Å². The van der Waals surface area contributed by atoms with Crippen molar-refractivity contribution in [1.29, 1.82) is 0 Å². The van der Waals surface area contributed by atoms with Crippen LogP contribution in [0, 0.1) is 5.82 Å². The molecule has 5 nitrogen and oxygen atoms in total. The Balaban J connectivity index is 1.78. The number of ether oxygens (including phenoxy) is 1. The molecule has 1 atom stereocenters. The van der Waals surface area contributed by atoms with Gasteiger partial charge in [-0.15, -0.1) is 0 Å². The van der Waals surface area contributed by atoms with Crippen molar-refractivity contribution in [3.05, 3.63) is 65.5 Å². The molecule has 3 rings (SSSR count). The molecule has 0 unspecified atom stereocenters. The first-order valence-corrected chi connectivity index (χ1v) is 10.9. The summed E-state index contributed by atoms with van der Waals surface area (Å²) in [6.07, 6.45) is 5.26. The second-order valence-corrected chi connectivity index (χ2v) is 8.16. The van der Waals surface area contributed by atoms with E-state index in [1.54, 1.807) is 32.2 Å². The van der Waals surface area contributed by atoms with Crippen LogP contribution in [0.2, 0.25) is 0 Å². The van der Waals surface area contributed by atoms with E-state index in [1.807, 2.05) is 24.3 Å². The number of carbonyl (C=O) groups excluding carboxylic acids is 2. The Hall–Kier alpha value is -2.89. The Kier molecular flexibility index (Phi) is 8.04. The molecular formula is C25H31FN2O3. The third-order valence-corrected chi connectivity index (χ3v) is 5.91. The summed E-state index contributed by atoms with van der Waals surface area (Å²) in [7, 11) is 1.58. The van der Waals surface area contributed by atoms with Crippen LogP contribution in [0.15, 0.2) is 48.5 Å². The van der Waals surface area contributed by atoms with Gasteiger partial charge in [-0.3, -0.25) is 9.59 Å². The maximum atomic E-state index is 14.1. The molecule has 2 aromatic rings. The summed E-state index contributed by atoms with van der Waals surface area (Å²) in [5.41, 5.74) is 1.17. The number of hydrogen-bond acceptors (Lipinski definition) is 3. The molecule has 0 bridgehead atoms. The van der Waals surface area contributed by atoms with Gasteiger partial charge in [0.05, 0.1) is 13.5 Å². The Morgan fingerprint density at radius 1 is 1.13 bits per heavy atom. The predicted molar refractivity (Wildman–Crippen MR) is 118 cm³/mol. The minimum absolute atomic E-state index is 0.0995. The van der Waals surface area contributed by atoms with E-state index in [9.17, 15) is 14.0 Å². The van der Waals surface area contributed by atoms with Crippen molar-refractivity contribution in [3.8, 4) is 5.75 Å². The molecule has 0 aliphatic heterocycles. The highest BCUT2D eigenvalue weighted by molar-refractivity contribution is 5.88. The number of amides is 2. The van der Waals surface area contributed by atoms with Crippen molar-refractivity contribution >= 4 is 11.8 Å². The third-order valence-electron chi connectivity index (χ3n) is 5.91. The lowest BCUT2D eigenvalue weighted by Crippen LogP contribution is -2.50. The van der Waals surface area contributed by atoms with Crippen LogP contribution in [0.25, 0.3) is 0 Å². The molecule has 1 fully saturated rings. The van der Waals surface area contributed by atoms with E-state index in [4.69, 9.17) is 4.74 Å². The predicted octanol–water partition coefficient (Wildman–Crippen LogP) is 4.24. The molecule has 0 aromatic heterocycles. The van der Waals surface area contributed by atoms with E-state index in [0.29, 0.717) is 11.3 Å². The van der Waals surface area contributed by atoms with E-state index in [2.05, 4.69) is 5.32 Å². The zero-order chi connectivity index (χ0) is 22.2. The summed E-state index contributed by atoms with van der Waals surface area (Å²) in [5, 5.41) is 3.11. The SMILES string of the molecule is COc1cccc(CN(C(=O)Cc2ccccc2F)[C@H](C)C(=O)NC2CCCCC2)c1. The van der Waals surface area contributed by atoms with Crippen molar-refractivity contribution in [2.45, 2.75) is 64.1 Å². The highest BCUT2D eigenvalue weighted by atomic mass is 19.1. The van der Waals surface area contributed by atoms with Crippen LogP contribution in [-0.4, -0.2) is 35.9 Å². The number of nitrogens with zero attached hydrogens (tertiary/aromatic N) is 1. The van der Waals surface area contributed by atoms with Crippen LogP contribution in [-0.2, 0) is 22.6 Å². The van der Waals surface area contributed by atoms with Gasteiger partial charge >= 0.3 is 0 Å². The zero-order valence-electron chi connectivity index (χ0n) is 18.3. The van der Waals surface area contributed by atoms with Gasteiger partial charge in [0.2, 0.25) is 11.8 Å². The molecular weight excluding hydrogens is 395 g/mol. The van der Waals surface area contributed by atoms with Crippen LogP contribution in [0.5, 0.6) is 5.75 Å². The quantitative estimate of drug-likeness (QED) is 0.687. The molecule has 1 N–H and O–H groups in total. The van der Waals surface area contributed by atoms with Crippen LogP contribution < -0.4 is 10.1 Å². The molecule has 0 heterocycles. The number of hydrogen-bond donors (Lipinski definition) is 1. The van der Waals surface area contributed by atoms with Crippen molar-refractivity contribution in [2.75, 3.05) is 7.11 Å². The van der Waals surface area contributed by atoms with E-state index in [-0.39, 0.29) is 30.8 Å². The molecule has 166 valence electrons. The Morgan fingerprint density at radius 3 is 2.58 bits per heavy atom. The summed E-state index contributed by atoms with van der Waals surface area (Å²) >= 11 is 0. The number of nitrogens with one attached hydrogen (secondary N) is 1. The van der Waals surface area contributed by atoms with Crippen molar-refractivity contribution in [3.63, 3.8) is 0 Å². The van der Waals surface area contributed by atoms with Gasteiger partial charge in [0.1, 0.15) is 17.6 Å². The normalized spacial score (nSPS) is 15.2. The fourth-order valence-corrected chi connectivity index (χ4v) is 4.03. The average Bonchev–Trinajstić information content (AvgIpc) is 2.79. The minimum atomic E-state index is -0.674. The van der Waals surface area contributed by atoms with Gasteiger partial charge in [0.25, 0.3) is 0 Å². The lowest BCUT2D eigenvalue weighted by molar-refractivity contribution is -0.140. The monoisotopic (exact) mass is 426 g/mol. The maximum absolute atomic E-state index is 14.1. The first-order chi connectivity index (χ1) is 15.0. The van der Waals surface area contributed by atoms with Crippen molar-refractivity contribution in [2.24, 2.45) is 0 Å². The van der Waals surface area contributed by atoms with Gasteiger partial charge in [-0.2, -0.15) is 0 Å². The molecule has 6 heteroatoms. The fraction of sp³-hybridized carbons (Fsp3) is 0.440. The van der Waals surface area contributed by atoms with Crippen LogP contribution in [0.1, 0.15) is 50.2 Å². The molecule has 1 aliphatic rings. The van der Waals surface area contributed by atoms with Crippen LogP contribution >= 0.6 is 0 Å². The second kappa shape index (κ2) is 10.9. The number of rotatable bonds is 8. The van der Waals surface area contributed by atoms with Crippen LogP contribution in [0.3, 0.4) is 0 Å². The van der Waals surface area contributed by atoms with Crippen molar-refractivity contribution < 1.29 is 18.7 Å². The van der Waals surface area contributed by atoms with E-state index in [1.165, 1.54) is 17.4 Å². The first kappa shape index (κ1) is 22.8. The zero-order valence-corrected chi connectivity index (χ0v) is 18.3. The van der Waals surface area contributed by atoms with Crippen LogP contribution in [0.4, 0.5) is 4.39 Å². The molecule has 2 aromatic carbocycles. The lowest BCUT2D eigenvalue weighted by atomic mass is 9.95. The van der Waals surface area contributed by atoms with Crippen molar-refractivity contribution in [1.82, 2.24) is 10.2 Å². The maximum Gasteiger partial charge on any atom is 0.242 e. The smallest absolute Gasteiger partial charge is 0.242 e. The lowest BCUT2D eigenvalue weighted by Gasteiger charge is -2.31. The molecule has 0 saturated heterocycles. The van der Waals surface area contributed by atoms with Gasteiger partial charge in [0, 0.05) is 12.6 Å². The largest absolute Gasteiger partial charge is 0.497 e. The highest BCUT2D eigenvalue weighted by Crippen LogP contribution is 2.20. The summed E-state index contributed by atoms with van der Waals surface area (Å²) < 4.78 is 19.4. The van der Waals surface area contributed by atoms with Gasteiger partial charge in [-0.1, -0.05) is 49.6 Å². The summed E-state index contributed by atoms with van der Waals surface area (Å²) in [6.45, 7) is 1.97. The molecule has 1 aliphatic carbocycles. The van der Waals surface area contributed by atoms with E-state index in [0.717, 1.165) is 31.2 Å². The van der Waals surface area contributed by atoms with E-state index >= 15 is 0 Å². The average molecular weight is 427 g/mol. The summed E-state index contributed by atoms with van der Waals surface area (Å²) in [5.74, 6) is -0.203. The minimum Gasteiger partial charge on any atom is -0.497 e. The summed E-state index contributed by atoms with van der Waals surface area (Å²) in [6, 6.07) is 13.1. The summed E-state index contributed by atoms with van der Waals surface area (Å²) in [4.78, 5) is 27.7. The number of halogens is 1. The number of benzene rings is 2. The Morgan fingerprint density at radius 2 is 1.87 bits per heavy atom. The Bertz CT molecular complexity index is 896. The Labute approximate surface area is 183 Å². The molecule has 0 radical (unpaired) electrons. The highest BCUT2D eigenvalue weighted by Gasteiger charge is 2.28. The van der Waals surface area contributed by atoms with Gasteiger partial charge in [-0.25, -0.2) is 4.39 Å². The molecule has 0 spiro atoms. The fourth-order valence-electron chi connectivity index (χ4n) is 4.03.